The summed E-state index contributed by atoms with van der Waals surface area (Å²) < 4.78 is 13.2. The van der Waals surface area contributed by atoms with Crippen molar-refractivity contribution < 1.29 is 9.15 Å². The quantitative estimate of drug-likeness (QED) is 0.354. The average molecular weight is 476 g/mol. The molecule has 31 heavy (non-hydrogen) atoms. The second kappa shape index (κ2) is 7.98. The van der Waals surface area contributed by atoms with Gasteiger partial charge in [-0.2, -0.15) is 0 Å². The Morgan fingerprint density at radius 3 is 2.45 bits per heavy atom. The van der Waals surface area contributed by atoms with Gasteiger partial charge in [0.25, 0.3) is 0 Å². The predicted octanol–water partition coefficient (Wildman–Crippen LogP) is 6.19. The van der Waals surface area contributed by atoms with E-state index in [9.17, 15) is 4.79 Å². The molecule has 1 aromatic heterocycles. The molecule has 1 aliphatic heterocycles. The molecule has 0 spiro atoms. The van der Waals surface area contributed by atoms with Crippen LogP contribution >= 0.6 is 15.9 Å². The van der Waals surface area contributed by atoms with Crippen LogP contribution < -0.4 is 10.2 Å². The number of halogens is 1. The molecule has 5 heteroatoms. The topological polar surface area (TPSA) is 42.7 Å². The Bertz CT molecular complexity index is 1320. The maximum atomic E-state index is 13.4. The summed E-state index contributed by atoms with van der Waals surface area (Å²) in [6.45, 7) is 5.89. The van der Waals surface area contributed by atoms with Crippen LogP contribution in [0.1, 0.15) is 22.5 Å². The van der Waals surface area contributed by atoms with Gasteiger partial charge in [-0.3, -0.25) is 9.69 Å². The molecule has 4 aromatic rings. The average Bonchev–Trinajstić information content (AvgIpc) is 2.76. The van der Waals surface area contributed by atoms with E-state index in [1.807, 2.05) is 43.3 Å². The molecule has 1 aliphatic rings. The van der Waals surface area contributed by atoms with Crippen LogP contribution in [0.2, 0.25) is 0 Å². The van der Waals surface area contributed by atoms with E-state index in [-0.39, 0.29) is 5.43 Å². The molecule has 4 nitrogen and oxygen atoms in total. The summed E-state index contributed by atoms with van der Waals surface area (Å²) in [5.74, 6) is 1.40. The molecular weight excluding hydrogens is 454 g/mol. The number of rotatable bonds is 3. The Morgan fingerprint density at radius 2 is 1.71 bits per heavy atom. The first kappa shape index (κ1) is 20.0. The fraction of sp³-hybridized carbons (Fsp3) is 0.192. The summed E-state index contributed by atoms with van der Waals surface area (Å²) in [7, 11) is 0. The molecule has 0 saturated carbocycles. The van der Waals surface area contributed by atoms with Crippen molar-refractivity contribution >= 4 is 26.9 Å². The lowest BCUT2D eigenvalue weighted by Gasteiger charge is -2.29. The van der Waals surface area contributed by atoms with Gasteiger partial charge in [0.15, 0.2) is 0 Å². The minimum Gasteiger partial charge on any atom is -0.478 e. The number of ether oxygens (including phenoxy) is 1. The highest BCUT2D eigenvalue weighted by atomic mass is 79.9. The van der Waals surface area contributed by atoms with Gasteiger partial charge in [-0.15, -0.1) is 0 Å². The summed E-state index contributed by atoms with van der Waals surface area (Å²) >= 11 is 3.45. The van der Waals surface area contributed by atoms with E-state index in [0.717, 1.165) is 27.9 Å². The van der Waals surface area contributed by atoms with Gasteiger partial charge in [-0.25, -0.2) is 0 Å². The lowest BCUT2D eigenvalue weighted by atomic mass is 10.0. The first-order valence-corrected chi connectivity index (χ1v) is 11.0. The van der Waals surface area contributed by atoms with Gasteiger partial charge >= 0.3 is 0 Å². The van der Waals surface area contributed by atoms with Gasteiger partial charge < -0.3 is 9.15 Å². The van der Waals surface area contributed by atoms with Crippen molar-refractivity contribution in [3.8, 4) is 16.9 Å². The highest BCUT2D eigenvalue weighted by Crippen LogP contribution is 2.34. The zero-order valence-corrected chi connectivity index (χ0v) is 19.0. The number of benzene rings is 3. The van der Waals surface area contributed by atoms with E-state index in [0.29, 0.717) is 35.6 Å². The maximum Gasteiger partial charge on any atom is 0.200 e. The number of hydrogen-bond acceptors (Lipinski definition) is 4. The van der Waals surface area contributed by atoms with Gasteiger partial charge in [0.05, 0.1) is 16.5 Å². The molecule has 0 N–H and O–H groups in total. The standard InChI is InChI=1S/C26H22BrNO3/c1-16-3-5-18(6-4-16)13-28-14-22-23(30-15-28)12-11-21-25(29)24(17(2)31-26(21)22)19-7-9-20(27)10-8-19/h3-12H,13-15H2,1-2H3. The Balaban J connectivity index is 1.55. The molecular formula is C26H22BrNO3. The Hall–Kier alpha value is -2.89. The molecule has 0 saturated heterocycles. The number of hydrogen-bond donors (Lipinski definition) is 0. The van der Waals surface area contributed by atoms with Crippen LogP contribution in [0, 0.1) is 13.8 Å². The molecule has 2 heterocycles. The van der Waals surface area contributed by atoms with E-state index in [1.54, 1.807) is 0 Å². The summed E-state index contributed by atoms with van der Waals surface area (Å²) in [5, 5.41) is 0.586. The molecule has 0 amide bonds. The monoisotopic (exact) mass is 475 g/mol. The van der Waals surface area contributed by atoms with Crippen molar-refractivity contribution in [3.63, 3.8) is 0 Å². The summed E-state index contributed by atoms with van der Waals surface area (Å²) in [4.78, 5) is 15.6. The van der Waals surface area contributed by atoms with Crippen LogP contribution in [0.4, 0.5) is 0 Å². The Kier molecular flexibility index (Phi) is 5.16. The fourth-order valence-electron chi connectivity index (χ4n) is 4.12. The molecule has 5 rings (SSSR count). The van der Waals surface area contributed by atoms with Crippen molar-refractivity contribution in [2.75, 3.05) is 6.73 Å². The molecule has 0 atom stereocenters. The maximum absolute atomic E-state index is 13.4. The highest BCUT2D eigenvalue weighted by molar-refractivity contribution is 9.10. The lowest BCUT2D eigenvalue weighted by Crippen LogP contribution is -2.31. The van der Waals surface area contributed by atoms with Crippen molar-refractivity contribution in [3.05, 3.63) is 97.8 Å². The molecule has 0 bridgehead atoms. The van der Waals surface area contributed by atoms with Gasteiger partial charge in [0.2, 0.25) is 5.43 Å². The first-order chi connectivity index (χ1) is 15.0. The van der Waals surface area contributed by atoms with Crippen LogP contribution in [0.25, 0.3) is 22.1 Å². The van der Waals surface area contributed by atoms with Crippen LogP contribution in [0.15, 0.2) is 74.3 Å². The predicted molar refractivity (Wildman–Crippen MR) is 126 cm³/mol. The van der Waals surface area contributed by atoms with Crippen LogP contribution in [0.5, 0.6) is 5.75 Å². The van der Waals surface area contributed by atoms with Crippen molar-refractivity contribution in [1.82, 2.24) is 4.90 Å². The molecule has 0 radical (unpaired) electrons. The Labute approximate surface area is 189 Å². The van der Waals surface area contributed by atoms with Gasteiger partial charge in [-0.1, -0.05) is 57.9 Å². The SMILES string of the molecule is Cc1ccc(CN2COc3ccc4c(=O)c(-c5ccc(Br)cc5)c(C)oc4c3C2)cc1. The van der Waals surface area contributed by atoms with Gasteiger partial charge in [-0.05, 0) is 49.2 Å². The Morgan fingerprint density at radius 1 is 0.968 bits per heavy atom. The molecule has 0 fully saturated rings. The third kappa shape index (κ3) is 3.80. The van der Waals surface area contributed by atoms with E-state index < -0.39 is 0 Å². The zero-order chi connectivity index (χ0) is 21.5. The number of aryl methyl sites for hydroxylation is 2. The van der Waals surface area contributed by atoms with Crippen molar-refractivity contribution in [2.45, 2.75) is 26.9 Å². The number of nitrogens with zero attached hydrogens (tertiary/aromatic N) is 1. The minimum atomic E-state index is -0.0143. The van der Waals surface area contributed by atoms with Gasteiger partial charge in [0, 0.05) is 17.6 Å². The highest BCUT2D eigenvalue weighted by Gasteiger charge is 2.24. The van der Waals surface area contributed by atoms with E-state index in [4.69, 9.17) is 9.15 Å². The third-order valence-electron chi connectivity index (χ3n) is 5.74. The molecule has 156 valence electrons. The second-order valence-corrected chi connectivity index (χ2v) is 8.95. The first-order valence-electron chi connectivity index (χ1n) is 10.3. The van der Waals surface area contributed by atoms with Crippen LogP contribution in [0.3, 0.4) is 0 Å². The molecule has 0 aliphatic carbocycles. The van der Waals surface area contributed by atoms with E-state index in [2.05, 4.69) is 52.0 Å². The normalized spacial score (nSPS) is 13.8. The fourth-order valence-corrected chi connectivity index (χ4v) is 4.39. The van der Waals surface area contributed by atoms with Crippen LogP contribution in [-0.2, 0) is 13.1 Å². The smallest absolute Gasteiger partial charge is 0.200 e. The zero-order valence-electron chi connectivity index (χ0n) is 17.4. The van der Waals surface area contributed by atoms with E-state index in [1.165, 1.54) is 11.1 Å². The van der Waals surface area contributed by atoms with Crippen molar-refractivity contribution in [2.24, 2.45) is 0 Å². The lowest BCUT2D eigenvalue weighted by molar-refractivity contribution is 0.0890. The largest absolute Gasteiger partial charge is 0.478 e. The number of fused-ring (bicyclic) bond motifs is 3. The van der Waals surface area contributed by atoms with Gasteiger partial charge in [0.1, 0.15) is 23.8 Å². The van der Waals surface area contributed by atoms with Crippen LogP contribution in [-0.4, -0.2) is 11.6 Å². The molecule has 0 unspecified atom stereocenters. The van der Waals surface area contributed by atoms with E-state index >= 15 is 0 Å². The third-order valence-corrected chi connectivity index (χ3v) is 6.27. The second-order valence-electron chi connectivity index (χ2n) is 8.03. The summed E-state index contributed by atoms with van der Waals surface area (Å²) in [5.41, 5.74) is 5.47. The summed E-state index contributed by atoms with van der Waals surface area (Å²) in [6.07, 6.45) is 0. The van der Waals surface area contributed by atoms with Crippen molar-refractivity contribution in [1.29, 1.82) is 0 Å². The minimum absolute atomic E-state index is 0.0143. The summed E-state index contributed by atoms with van der Waals surface area (Å²) in [6, 6.07) is 20.0. The molecule has 3 aromatic carbocycles.